The molecule has 17 heavy (non-hydrogen) atoms. The van der Waals surface area contributed by atoms with Gasteiger partial charge in [0.2, 0.25) is 0 Å². The third-order valence-electron chi connectivity index (χ3n) is 2.92. The largest absolute Gasteiger partial charge is 0.393 e. The zero-order valence-electron chi connectivity index (χ0n) is 9.68. The SMILES string of the molecule is CC(=O)c1ccc(C(=O)N2CCC(O)CC2)s1. The van der Waals surface area contributed by atoms with Gasteiger partial charge >= 0.3 is 0 Å². The lowest BCUT2D eigenvalue weighted by atomic mass is 10.1. The van der Waals surface area contributed by atoms with Crippen molar-refractivity contribution < 1.29 is 14.7 Å². The van der Waals surface area contributed by atoms with Gasteiger partial charge in [-0.15, -0.1) is 11.3 Å². The zero-order valence-corrected chi connectivity index (χ0v) is 10.5. The van der Waals surface area contributed by atoms with Gasteiger partial charge in [0.15, 0.2) is 5.78 Å². The fourth-order valence-electron chi connectivity index (χ4n) is 1.87. The minimum atomic E-state index is -0.282. The number of aliphatic hydroxyl groups is 1. The summed E-state index contributed by atoms with van der Waals surface area (Å²) in [5.41, 5.74) is 0. The Morgan fingerprint density at radius 2 is 1.88 bits per heavy atom. The molecule has 1 saturated heterocycles. The van der Waals surface area contributed by atoms with Crippen LogP contribution in [0.25, 0.3) is 0 Å². The van der Waals surface area contributed by atoms with E-state index < -0.39 is 0 Å². The first-order valence-electron chi connectivity index (χ1n) is 5.66. The first-order valence-corrected chi connectivity index (χ1v) is 6.47. The minimum absolute atomic E-state index is 0.0110. The predicted molar refractivity (Wildman–Crippen MR) is 65.5 cm³/mol. The predicted octanol–water partition coefficient (Wildman–Crippen LogP) is 1.55. The van der Waals surface area contributed by atoms with Crippen molar-refractivity contribution in [2.75, 3.05) is 13.1 Å². The summed E-state index contributed by atoms with van der Waals surface area (Å²) in [6, 6.07) is 3.40. The highest BCUT2D eigenvalue weighted by Gasteiger charge is 2.23. The second kappa shape index (κ2) is 4.98. The molecule has 0 atom stereocenters. The van der Waals surface area contributed by atoms with Crippen molar-refractivity contribution in [1.29, 1.82) is 0 Å². The van der Waals surface area contributed by atoms with Gasteiger partial charge in [0.05, 0.1) is 15.9 Å². The molecule has 4 nitrogen and oxygen atoms in total. The summed E-state index contributed by atoms with van der Waals surface area (Å²) in [7, 11) is 0. The van der Waals surface area contributed by atoms with Crippen LogP contribution in [0.1, 0.15) is 39.1 Å². The molecule has 5 heteroatoms. The fourth-order valence-corrected chi connectivity index (χ4v) is 2.74. The summed E-state index contributed by atoms with van der Waals surface area (Å²) >= 11 is 1.24. The standard InChI is InChI=1S/C12H15NO3S/c1-8(14)10-2-3-11(17-10)12(16)13-6-4-9(15)5-7-13/h2-3,9,15H,4-7H2,1H3. The molecule has 2 rings (SSSR count). The molecule has 1 amide bonds. The molecule has 0 radical (unpaired) electrons. The molecule has 0 spiro atoms. The third-order valence-corrected chi connectivity index (χ3v) is 4.09. The van der Waals surface area contributed by atoms with Crippen molar-refractivity contribution in [3.05, 3.63) is 21.9 Å². The molecule has 0 aromatic carbocycles. The zero-order chi connectivity index (χ0) is 12.4. The van der Waals surface area contributed by atoms with Gasteiger partial charge in [-0.1, -0.05) is 0 Å². The lowest BCUT2D eigenvalue weighted by Gasteiger charge is -2.29. The third kappa shape index (κ3) is 2.73. The van der Waals surface area contributed by atoms with Crippen molar-refractivity contribution in [1.82, 2.24) is 4.90 Å². The number of rotatable bonds is 2. The van der Waals surface area contributed by atoms with Crippen LogP contribution in [-0.2, 0) is 0 Å². The van der Waals surface area contributed by atoms with Crippen LogP contribution in [0.15, 0.2) is 12.1 Å². The average Bonchev–Trinajstić information content (AvgIpc) is 2.78. The number of piperidine rings is 1. The van der Waals surface area contributed by atoms with E-state index in [1.165, 1.54) is 18.3 Å². The molecule has 0 saturated carbocycles. The van der Waals surface area contributed by atoms with E-state index in [2.05, 4.69) is 0 Å². The van der Waals surface area contributed by atoms with Crippen LogP contribution >= 0.6 is 11.3 Å². The van der Waals surface area contributed by atoms with Gasteiger partial charge < -0.3 is 10.0 Å². The molecule has 1 aliphatic heterocycles. The number of carbonyl (C=O) groups is 2. The maximum atomic E-state index is 12.1. The number of amides is 1. The van der Waals surface area contributed by atoms with Crippen LogP contribution in [0.2, 0.25) is 0 Å². The number of hydrogen-bond acceptors (Lipinski definition) is 4. The first-order chi connectivity index (χ1) is 8.08. The van der Waals surface area contributed by atoms with Crippen molar-refractivity contribution >= 4 is 23.0 Å². The Morgan fingerprint density at radius 1 is 1.29 bits per heavy atom. The number of carbonyl (C=O) groups excluding carboxylic acids is 2. The monoisotopic (exact) mass is 253 g/mol. The number of ketones is 1. The van der Waals surface area contributed by atoms with Gasteiger partial charge in [-0.25, -0.2) is 0 Å². The summed E-state index contributed by atoms with van der Waals surface area (Å²) < 4.78 is 0. The van der Waals surface area contributed by atoms with E-state index in [4.69, 9.17) is 0 Å². The molecule has 1 N–H and O–H groups in total. The lowest BCUT2D eigenvalue weighted by Crippen LogP contribution is -2.39. The molecular formula is C12H15NO3S. The van der Waals surface area contributed by atoms with Crippen LogP contribution in [0.5, 0.6) is 0 Å². The number of nitrogens with zero attached hydrogens (tertiary/aromatic N) is 1. The maximum absolute atomic E-state index is 12.1. The van der Waals surface area contributed by atoms with Crippen molar-refractivity contribution in [2.45, 2.75) is 25.9 Å². The highest BCUT2D eigenvalue weighted by molar-refractivity contribution is 7.15. The lowest BCUT2D eigenvalue weighted by molar-refractivity contribution is 0.0550. The molecule has 0 bridgehead atoms. The van der Waals surface area contributed by atoms with Crippen LogP contribution in [0, 0.1) is 0 Å². The Labute approximate surface area is 104 Å². The Kier molecular flexibility index (Phi) is 3.59. The first kappa shape index (κ1) is 12.3. The summed E-state index contributed by atoms with van der Waals surface area (Å²) in [5.74, 6) is -0.0440. The van der Waals surface area contributed by atoms with Crippen molar-refractivity contribution in [3.63, 3.8) is 0 Å². The molecule has 1 fully saturated rings. The number of Topliss-reactive ketones (excluding diaryl/α,β-unsaturated/α-hetero) is 1. The van der Waals surface area contributed by atoms with E-state index in [0.29, 0.717) is 35.7 Å². The average molecular weight is 253 g/mol. The molecule has 0 unspecified atom stereocenters. The van der Waals surface area contributed by atoms with Crippen LogP contribution in [0.3, 0.4) is 0 Å². The molecular weight excluding hydrogens is 238 g/mol. The summed E-state index contributed by atoms with van der Waals surface area (Å²) in [6.45, 7) is 2.68. The second-order valence-corrected chi connectivity index (χ2v) is 5.33. The fraction of sp³-hybridized carbons (Fsp3) is 0.500. The number of aliphatic hydroxyl groups excluding tert-OH is 1. The Bertz CT molecular complexity index is 433. The van der Waals surface area contributed by atoms with E-state index in [1.54, 1.807) is 17.0 Å². The van der Waals surface area contributed by atoms with Gasteiger partial charge in [0, 0.05) is 13.1 Å². The molecule has 1 aliphatic rings. The van der Waals surface area contributed by atoms with Gasteiger partial charge in [-0.2, -0.15) is 0 Å². The van der Waals surface area contributed by atoms with E-state index in [0.717, 1.165) is 0 Å². The van der Waals surface area contributed by atoms with Gasteiger partial charge in [0.1, 0.15) is 0 Å². The van der Waals surface area contributed by atoms with Crippen LogP contribution in [-0.4, -0.2) is 40.9 Å². The Balaban J connectivity index is 2.06. The summed E-state index contributed by atoms with van der Waals surface area (Å²) in [6.07, 6.45) is 0.989. The molecule has 2 heterocycles. The molecule has 1 aromatic heterocycles. The van der Waals surface area contributed by atoms with Gasteiger partial charge in [-0.3, -0.25) is 9.59 Å². The van der Waals surface area contributed by atoms with Crippen molar-refractivity contribution in [2.24, 2.45) is 0 Å². The molecule has 92 valence electrons. The molecule has 0 aliphatic carbocycles. The number of thiophene rings is 1. The highest BCUT2D eigenvalue weighted by atomic mass is 32.1. The highest BCUT2D eigenvalue weighted by Crippen LogP contribution is 2.21. The van der Waals surface area contributed by atoms with Gasteiger partial charge in [-0.05, 0) is 31.9 Å². The number of hydrogen-bond donors (Lipinski definition) is 1. The minimum Gasteiger partial charge on any atom is -0.393 e. The second-order valence-electron chi connectivity index (χ2n) is 4.24. The quantitative estimate of drug-likeness (QED) is 0.813. The Morgan fingerprint density at radius 3 is 2.41 bits per heavy atom. The van der Waals surface area contributed by atoms with Gasteiger partial charge in [0.25, 0.3) is 5.91 Å². The van der Waals surface area contributed by atoms with Crippen LogP contribution < -0.4 is 0 Å². The summed E-state index contributed by atoms with van der Waals surface area (Å²) in [4.78, 5) is 26.2. The smallest absolute Gasteiger partial charge is 0.263 e. The van der Waals surface area contributed by atoms with Crippen LogP contribution in [0.4, 0.5) is 0 Å². The number of likely N-dealkylation sites (tertiary alicyclic amines) is 1. The maximum Gasteiger partial charge on any atom is 0.263 e. The Hall–Kier alpha value is -1.20. The summed E-state index contributed by atoms with van der Waals surface area (Å²) in [5, 5.41) is 9.38. The van der Waals surface area contributed by atoms with Crippen molar-refractivity contribution in [3.8, 4) is 0 Å². The topological polar surface area (TPSA) is 57.6 Å². The van der Waals surface area contributed by atoms with E-state index >= 15 is 0 Å². The molecule has 1 aromatic rings. The van der Waals surface area contributed by atoms with E-state index in [9.17, 15) is 14.7 Å². The normalized spacial score (nSPS) is 17.2. The van der Waals surface area contributed by atoms with E-state index in [1.807, 2.05) is 0 Å². The van der Waals surface area contributed by atoms with E-state index in [-0.39, 0.29) is 17.8 Å².